The summed E-state index contributed by atoms with van der Waals surface area (Å²) in [4.78, 5) is 5.58. The summed E-state index contributed by atoms with van der Waals surface area (Å²) in [6, 6.07) is 76.9. The first kappa shape index (κ1) is 32.5. The van der Waals surface area contributed by atoms with Crippen LogP contribution in [0.1, 0.15) is 0 Å². The molecule has 8 aromatic carbocycles. The van der Waals surface area contributed by atoms with Crippen molar-refractivity contribution in [3.05, 3.63) is 212 Å². The number of hydrogen-bond acceptors (Lipinski definition) is 1. The van der Waals surface area contributed by atoms with Gasteiger partial charge in [0.15, 0.2) is 0 Å². The molecule has 0 spiro atoms. The molecule has 0 aliphatic carbocycles. The van der Waals surface area contributed by atoms with E-state index in [2.05, 4.69) is 221 Å². The van der Waals surface area contributed by atoms with Crippen LogP contribution in [-0.2, 0) is 0 Å². The predicted molar refractivity (Wildman–Crippen MR) is 244 cm³/mol. The molecule has 0 aliphatic rings. The highest BCUT2D eigenvalue weighted by molar-refractivity contribution is 6.21. The molecule has 4 aromatic heterocycles. The van der Waals surface area contributed by atoms with E-state index >= 15 is 0 Å². The van der Waals surface area contributed by atoms with Crippen molar-refractivity contribution >= 4 is 59.9 Å². The minimum atomic E-state index is 0.877. The van der Waals surface area contributed by atoms with Gasteiger partial charge in [0, 0.05) is 32.5 Å². The Hall–Kier alpha value is -7.75. The van der Waals surface area contributed by atoms with E-state index < -0.39 is 0 Å². The predicted octanol–water partition coefficient (Wildman–Crippen LogP) is 14.6. The van der Waals surface area contributed by atoms with Gasteiger partial charge >= 0.3 is 0 Å². The smallest absolute Gasteiger partial charge is 0.138 e. The zero-order valence-electron chi connectivity index (χ0n) is 31.5. The Labute approximate surface area is 335 Å². The Bertz CT molecular complexity index is 3460. The highest BCUT2D eigenvalue weighted by Crippen LogP contribution is 2.41. The van der Waals surface area contributed by atoms with Gasteiger partial charge in [-0.05, 0) is 93.4 Å². The van der Waals surface area contributed by atoms with Crippen molar-refractivity contribution in [2.24, 2.45) is 0 Å². The molecule has 12 aromatic rings. The molecule has 0 amide bonds. The van der Waals surface area contributed by atoms with Crippen LogP contribution in [0.4, 0.5) is 0 Å². The van der Waals surface area contributed by atoms with Crippen molar-refractivity contribution in [1.82, 2.24) is 14.0 Å². The summed E-state index contributed by atoms with van der Waals surface area (Å²) in [5.41, 5.74) is 14.8. The van der Waals surface area contributed by atoms with Gasteiger partial charge in [0.05, 0.1) is 33.3 Å². The van der Waals surface area contributed by atoms with Gasteiger partial charge in [-0.25, -0.2) is 4.98 Å². The number of fused-ring (bicyclic) bond motifs is 11. The molecule has 3 heteroatoms. The molecule has 0 N–H and O–H groups in total. The van der Waals surface area contributed by atoms with E-state index in [4.69, 9.17) is 4.98 Å². The molecule has 0 aliphatic heterocycles. The number of para-hydroxylation sites is 2. The number of aromatic nitrogens is 3. The fourth-order valence-electron chi connectivity index (χ4n) is 9.15. The summed E-state index contributed by atoms with van der Waals surface area (Å²) in [6.07, 6.45) is 0. The maximum Gasteiger partial charge on any atom is 0.138 e. The Kier molecular flexibility index (Phi) is 7.23. The van der Waals surface area contributed by atoms with Gasteiger partial charge in [0.2, 0.25) is 0 Å². The lowest BCUT2D eigenvalue weighted by atomic mass is 9.97. The lowest BCUT2D eigenvalue weighted by Gasteiger charge is -2.15. The van der Waals surface area contributed by atoms with E-state index in [0.29, 0.717) is 0 Å². The molecule has 0 saturated heterocycles. The summed E-state index contributed by atoms with van der Waals surface area (Å²) in [6.45, 7) is 0. The number of nitrogens with zero attached hydrogens (tertiary/aromatic N) is 3. The van der Waals surface area contributed by atoms with Crippen LogP contribution in [0.5, 0.6) is 0 Å². The maximum absolute atomic E-state index is 5.58. The summed E-state index contributed by atoms with van der Waals surface area (Å²) >= 11 is 0. The van der Waals surface area contributed by atoms with Crippen molar-refractivity contribution < 1.29 is 0 Å². The molecule has 270 valence electrons. The van der Waals surface area contributed by atoms with Crippen LogP contribution in [0.3, 0.4) is 0 Å². The second-order valence-electron chi connectivity index (χ2n) is 15.2. The molecule has 3 nitrogen and oxygen atoms in total. The highest BCUT2D eigenvalue weighted by Gasteiger charge is 2.20. The summed E-state index contributed by atoms with van der Waals surface area (Å²) in [5, 5.41) is 7.38. The van der Waals surface area contributed by atoms with Crippen LogP contribution < -0.4 is 0 Å². The Morgan fingerprint density at radius 1 is 0.276 bits per heavy atom. The third-order valence-electron chi connectivity index (χ3n) is 11.8. The normalized spacial score (nSPS) is 11.8. The Balaban J connectivity index is 1.17. The largest absolute Gasteiger partial charge is 0.309 e. The molecule has 0 bridgehead atoms. The molecule has 58 heavy (non-hydrogen) atoms. The minimum absolute atomic E-state index is 0.877. The molecule has 0 saturated carbocycles. The molecule has 4 heterocycles. The molecule has 0 unspecified atom stereocenters. The fourth-order valence-corrected chi connectivity index (χ4v) is 9.15. The van der Waals surface area contributed by atoms with Gasteiger partial charge in [-0.2, -0.15) is 0 Å². The first-order valence-corrected chi connectivity index (χ1v) is 19.9. The third-order valence-corrected chi connectivity index (χ3v) is 11.8. The van der Waals surface area contributed by atoms with Crippen LogP contribution in [0.15, 0.2) is 212 Å². The van der Waals surface area contributed by atoms with Crippen LogP contribution in [-0.4, -0.2) is 14.0 Å². The zero-order valence-corrected chi connectivity index (χ0v) is 31.5. The van der Waals surface area contributed by atoms with E-state index in [9.17, 15) is 0 Å². The van der Waals surface area contributed by atoms with E-state index in [-0.39, 0.29) is 0 Å². The number of hydrogen-bond donors (Lipinski definition) is 0. The van der Waals surface area contributed by atoms with Gasteiger partial charge < -0.3 is 4.40 Å². The molecule has 0 fully saturated rings. The molecule has 0 atom stereocenters. The maximum atomic E-state index is 5.58. The molecule has 0 radical (unpaired) electrons. The van der Waals surface area contributed by atoms with Gasteiger partial charge in [-0.3, -0.25) is 4.57 Å². The van der Waals surface area contributed by atoms with E-state index in [1.54, 1.807) is 0 Å². The van der Waals surface area contributed by atoms with Crippen LogP contribution in [0, 0.1) is 0 Å². The van der Waals surface area contributed by atoms with Crippen molar-refractivity contribution in [1.29, 1.82) is 0 Å². The lowest BCUT2D eigenvalue weighted by molar-refractivity contribution is 1.08. The van der Waals surface area contributed by atoms with Gasteiger partial charge in [0.25, 0.3) is 0 Å². The second kappa shape index (κ2) is 12.9. The summed E-state index contributed by atoms with van der Waals surface area (Å²) in [5.74, 6) is 0.877. The average molecular weight is 738 g/mol. The van der Waals surface area contributed by atoms with Gasteiger partial charge in [-0.15, -0.1) is 0 Å². The van der Waals surface area contributed by atoms with E-state index in [1.807, 2.05) is 0 Å². The quantitative estimate of drug-likeness (QED) is 0.161. The van der Waals surface area contributed by atoms with E-state index in [0.717, 1.165) is 44.8 Å². The molecular formula is C55H35N3. The van der Waals surface area contributed by atoms with Gasteiger partial charge in [-0.1, -0.05) is 158 Å². The first-order valence-electron chi connectivity index (χ1n) is 19.9. The lowest BCUT2D eigenvalue weighted by Crippen LogP contribution is -2.01. The summed E-state index contributed by atoms with van der Waals surface area (Å²) < 4.78 is 4.83. The fraction of sp³-hybridized carbons (Fsp3) is 0. The highest BCUT2D eigenvalue weighted by atomic mass is 15.1. The third kappa shape index (κ3) is 5.11. The Morgan fingerprint density at radius 3 is 1.52 bits per heavy atom. The first-order chi connectivity index (χ1) is 28.7. The standard InChI is InChI=1S/C55H35N3/c1-3-15-36(16-4-1)38-20-13-22-40(29-38)43-31-49(41-23-14-21-39(30-41)37-17-5-2-6-18-37)56-55(33-43)58-51-28-12-10-26-46(51)48-34-47-44-24-8-9-25-45(44)52-32-42-19-7-11-27-50(42)57(52)53(47)35-54(48)58/h1-35H. The average Bonchev–Trinajstić information content (AvgIpc) is 3.85. The summed E-state index contributed by atoms with van der Waals surface area (Å²) in [7, 11) is 0. The second-order valence-corrected chi connectivity index (χ2v) is 15.2. The van der Waals surface area contributed by atoms with Gasteiger partial charge in [0.1, 0.15) is 5.82 Å². The molecule has 12 rings (SSSR count). The van der Waals surface area contributed by atoms with Crippen LogP contribution >= 0.6 is 0 Å². The molecular weight excluding hydrogens is 703 g/mol. The Morgan fingerprint density at radius 2 is 0.793 bits per heavy atom. The minimum Gasteiger partial charge on any atom is -0.309 e. The number of benzene rings is 8. The van der Waals surface area contributed by atoms with Crippen LogP contribution in [0.25, 0.3) is 110 Å². The van der Waals surface area contributed by atoms with Crippen molar-refractivity contribution in [2.45, 2.75) is 0 Å². The van der Waals surface area contributed by atoms with Crippen molar-refractivity contribution in [3.63, 3.8) is 0 Å². The van der Waals surface area contributed by atoms with E-state index in [1.165, 1.54) is 65.6 Å². The van der Waals surface area contributed by atoms with Crippen LogP contribution in [0.2, 0.25) is 0 Å². The number of rotatable bonds is 5. The number of pyridine rings is 2. The van der Waals surface area contributed by atoms with Crippen molar-refractivity contribution in [3.8, 4) is 50.5 Å². The zero-order chi connectivity index (χ0) is 38.2. The topological polar surface area (TPSA) is 22.2 Å². The monoisotopic (exact) mass is 737 g/mol. The van der Waals surface area contributed by atoms with Crippen molar-refractivity contribution in [2.75, 3.05) is 0 Å². The SMILES string of the molecule is c1ccc(-c2cccc(-c3cc(-c4cccc(-c5ccccc5)c4)nc(-n4c5ccccc5c5cc6c7ccccc7c7cc8ccccc8n7c6cc54)c3)c2)cc1.